The SMILES string of the molecule is C1=Cc2c(ccc3c2ccc2ccccc23)C(c2ccon2)C1.Cl. The molecule has 1 aliphatic rings. The van der Waals surface area contributed by atoms with Gasteiger partial charge in [0.1, 0.15) is 6.26 Å². The van der Waals surface area contributed by atoms with Gasteiger partial charge in [0.15, 0.2) is 0 Å². The topological polar surface area (TPSA) is 26.0 Å². The molecule has 4 aromatic rings. The second-order valence-electron chi connectivity index (χ2n) is 6.07. The first-order chi connectivity index (χ1) is 11.4. The normalized spacial score (nSPS) is 16.1. The summed E-state index contributed by atoms with van der Waals surface area (Å²) in [5, 5.41) is 9.38. The summed E-state index contributed by atoms with van der Waals surface area (Å²) in [7, 11) is 0. The van der Waals surface area contributed by atoms with Crippen LogP contribution >= 0.6 is 12.4 Å². The summed E-state index contributed by atoms with van der Waals surface area (Å²) in [6, 6.07) is 19.5. The number of rotatable bonds is 1. The van der Waals surface area contributed by atoms with Gasteiger partial charge in [0.2, 0.25) is 0 Å². The molecule has 0 fully saturated rings. The predicted octanol–water partition coefficient (Wildman–Crippen LogP) is 5.95. The third-order valence-electron chi connectivity index (χ3n) is 4.85. The van der Waals surface area contributed by atoms with E-state index in [1.165, 1.54) is 32.7 Å². The van der Waals surface area contributed by atoms with Crippen LogP contribution in [-0.2, 0) is 0 Å². The van der Waals surface area contributed by atoms with Gasteiger partial charge in [0.25, 0.3) is 0 Å². The molecule has 1 aromatic heterocycles. The Hall–Kier alpha value is -2.58. The Labute approximate surface area is 146 Å². The van der Waals surface area contributed by atoms with Crippen molar-refractivity contribution >= 4 is 40.0 Å². The minimum absolute atomic E-state index is 0. The third kappa shape index (κ3) is 2.15. The highest BCUT2D eigenvalue weighted by atomic mass is 35.5. The standard InChI is InChI=1S/C21H15NO.ClH/c1-2-5-15-14(4-1)8-9-18-16-6-3-7-20(21-12-13-23-22-21)19(16)11-10-17(15)18;/h1-6,8-13,20H,7H2;1H. The van der Waals surface area contributed by atoms with Gasteiger partial charge in [-0.2, -0.15) is 0 Å². The molecule has 0 amide bonds. The molecule has 1 aliphatic carbocycles. The van der Waals surface area contributed by atoms with E-state index in [4.69, 9.17) is 4.52 Å². The summed E-state index contributed by atoms with van der Waals surface area (Å²) in [4.78, 5) is 0. The summed E-state index contributed by atoms with van der Waals surface area (Å²) in [6.45, 7) is 0. The molecule has 0 spiro atoms. The molecule has 3 heteroatoms. The van der Waals surface area contributed by atoms with Gasteiger partial charge in [-0.15, -0.1) is 12.4 Å². The van der Waals surface area contributed by atoms with Gasteiger partial charge in [0.05, 0.1) is 5.69 Å². The zero-order valence-corrected chi connectivity index (χ0v) is 13.8. The lowest BCUT2D eigenvalue weighted by molar-refractivity contribution is 0.408. The summed E-state index contributed by atoms with van der Waals surface area (Å²) in [5.41, 5.74) is 3.66. The van der Waals surface area contributed by atoms with Gasteiger partial charge in [0, 0.05) is 12.0 Å². The number of hydrogen-bond acceptors (Lipinski definition) is 2. The monoisotopic (exact) mass is 333 g/mol. The summed E-state index contributed by atoms with van der Waals surface area (Å²) in [5.74, 6) is 0.282. The maximum Gasteiger partial charge on any atom is 0.124 e. The Morgan fingerprint density at radius 2 is 1.75 bits per heavy atom. The number of allylic oxidation sites excluding steroid dienone is 1. The molecule has 2 nitrogen and oxygen atoms in total. The van der Waals surface area contributed by atoms with Crippen LogP contribution < -0.4 is 0 Å². The van der Waals surface area contributed by atoms with Gasteiger partial charge in [-0.05, 0) is 39.1 Å². The van der Waals surface area contributed by atoms with Crippen LogP contribution in [0.1, 0.15) is 29.2 Å². The number of benzene rings is 3. The lowest BCUT2D eigenvalue weighted by atomic mass is 9.82. The van der Waals surface area contributed by atoms with E-state index in [2.05, 4.69) is 65.8 Å². The number of hydrogen-bond donors (Lipinski definition) is 0. The molecule has 0 aliphatic heterocycles. The Kier molecular flexibility index (Phi) is 3.62. The van der Waals surface area contributed by atoms with Crippen LogP contribution in [0.4, 0.5) is 0 Å². The van der Waals surface area contributed by atoms with E-state index in [0.717, 1.165) is 12.1 Å². The average molecular weight is 334 g/mol. The maximum absolute atomic E-state index is 5.05. The van der Waals surface area contributed by atoms with Crippen molar-refractivity contribution in [2.24, 2.45) is 0 Å². The van der Waals surface area contributed by atoms with Crippen molar-refractivity contribution < 1.29 is 4.52 Å². The largest absolute Gasteiger partial charge is 0.364 e. The average Bonchev–Trinajstić information content (AvgIpc) is 3.15. The zero-order chi connectivity index (χ0) is 15.2. The Balaban J connectivity index is 0.00000146. The molecule has 118 valence electrons. The molecule has 0 bridgehead atoms. The molecular formula is C21H16ClNO. The molecule has 0 saturated carbocycles. The van der Waals surface area contributed by atoms with Crippen LogP contribution in [0.15, 0.2) is 71.5 Å². The molecule has 0 radical (unpaired) electrons. The van der Waals surface area contributed by atoms with Crippen molar-refractivity contribution in [2.45, 2.75) is 12.3 Å². The summed E-state index contributed by atoms with van der Waals surface area (Å²) < 4.78 is 5.05. The van der Waals surface area contributed by atoms with Crippen molar-refractivity contribution in [2.75, 3.05) is 0 Å². The molecule has 1 heterocycles. The lowest BCUT2D eigenvalue weighted by Gasteiger charge is -2.21. The highest BCUT2D eigenvalue weighted by Crippen LogP contribution is 2.39. The van der Waals surface area contributed by atoms with E-state index in [1.807, 2.05) is 6.07 Å². The fourth-order valence-corrected chi connectivity index (χ4v) is 3.75. The van der Waals surface area contributed by atoms with Crippen molar-refractivity contribution in [1.29, 1.82) is 0 Å². The number of fused-ring (bicyclic) bond motifs is 5. The van der Waals surface area contributed by atoms with E-state index in [1.54, 1.807) is 6.26 Å². The van der Waals surface area contributed by atoms with Gasteiger partial charge >= 0.3 is 0 Å². The van der Waals surface area contributed by atoms with Crippen molar-refractivity contribution in [3.63, 3.8) is 0 Å². The van der Waals surface area contributed by atoms with Crippen LogP contribution in [-0.4, -0.2) is 5.16 Å². The smallest absolute Gasteiger partial charge is 0.124 e. The first kappa shape index (κ1) is 15.0. The summed E-state index contributed by atoms with van der Waals surface area (Å²) in [6.07, 6.45) is 7.12. The third-order valence-corrected chi connectivity index (χ3v) is 4.85. The highest BCUT2D eigenvalue weighted by Gasteiger charge is 2.22. The number of aromatic nitrogens is 1. The van der Waals surface area contributed by atoms with E-state index >= 15 is 0 Å². The molecule has 3 aromatic carbocycles. The molecule has 0 saturated heterocycles. The molecular weight excluding hydrogens is 318 g/mol. The van der Waals surface area contributed by atoms with Gasteiger partial charge in [-0.25, -0.2) is 0 Å². The minimum atomic E-state index is 0. The van der Waals surface area contributed by atoms with Gasteiger partial charge in [-0.1, -0.05) is 65.8 Å². The van der Waals surface area contributed by atoms with Gasteiger partial charge < -0.3 is 4.52 Å². The van der Waals surface area contributed by atoms with E-state index in [-0.39, 0.29) is 18.3 Å². The maximum atomic E-state index is 5.05. The van der Waals surface area contributed by atoms with Gasteiger partial charge in [-0.3, -0.25) is 0 Å². The quantitative estimate of drug-likeness (QED) is 0.402. The number of halogens is 1. The Morgan fingerprint density at radius 3 is 2.62 bits per heavy atom. The van der Waals surface area contributed by atoms with Crippen molar-refractivity contribution in [3.8, 4) is 0 Å². The fraction of sp³-hybridized carbons (Fsp3) is 0.0952. The van der Waals surface area contributed by atoms with E-state index in [0.29, 0.717) is 0 Å². The Bertz CT molecular complexity index is 1050. The van der Waals surface area contributed by atoms with Crippen molar-refractivity contribution in [1.82, 2.24) is 5.16 Å². The minimum Gasteiger partial charge on any atom is -0.364 e. The molecule has 0 N–H and O–H groups in total. The second kappa shape index (κ2) is 5.81. The van der Waals surface area contributed by atoms with Crippen molar-refractivity contribution in [3.05, 3.63) is 83.8 Å². The summed E-state index contributed by atoms with van der Waals surface area (Å²) >= 11 is 0. The van der Waals surface area contributed by atoms with E-state index < -0.39 is 0 Å². The molecule has 1 atom stereocenters. The first-order valence-electron chi connectivity index (χ1n) is 7.93. The first-order valence-corrected chi connectivity index (χ1v) is 7.93. The fourth-order valence-electron chi connectivity index (χ4n) is 3.75. The highest BCUT2D eigenvalue weighted by molar-refractivity contribution is 6.10. The second-order valence-corrected chi connectivity index (χ2v) is 6.07. The molecule has 24 heavy (non-hydrogen) atoms. The Morgan fingerprint density at radius 1 is 0.875 bits per heavy atom. The van der Waals surface area contributed by atoms with Crippen LogP contribution in [0, 0.1) is 0 Å². The predicted molar refractivity (Wildman–Crippen MR) is 101 cm³/mol. The van der Waals surface area contributed by atoms with Crippen LogP contribution in [0.3, 0.4) is 0 Å². The zero-order valence-electron chi connectivity index (χ0n) is 13.0. The van der Waals surface area contributed by atoms with E-state index in [9.17, 15) is 0 Å². The molecule has 5 rings (SSSR count). The van der Waals surface area contributed by atoms with Crippen LogP contribution in [0.2, 0.25) is 0 Å². The van der Waals surface area contributed by atoms with Crippen LogP contribution in [0.25, 0.3) is 27.6 Å². The number of nitrogens with zero attached hydrogens (tertiary/aromatic N) is 1. The lowest BCUT2D eigenvalue weighted by Crippen LogP contribution is -2.06. The van der Waals surface area contributed by atoms with Crippen LogP contribution in [0.5, 0.6) is 0 Å². The molecule has 1 unspecified atom stereocenters.